The first-order valence-electron chi connectivity index (χ1n) is 3.59. The van der Waals surface area contributed by atoms with E-state index < -0.39 is 29.1 Å². The molecular weight excluding hydrogens is 179 g/mol. The smallest absolute Gasteiger partial charge is 0.166 e. The van der Waals surface area contributed by atoms with Crippen molar-refractivity contribution < 1.29 is 13.2 Å². The zero-order valence-electron chi connectivity index (χ0n) is 6.73. The normalized spacial score (nSPS) is 12.6. The maximum absolute atomic E-state index is 13.0. The van der Waals surface area contributed by atoms with E-state index in [2.05, 4.69) is 6.58 Å². The molecule has 70 valence electrons. The molecule has 0 spiro atoms. The molecule has 1 aromatic carbocycles. The lowest BCUT2D eigenvalue weighted by Gasteiger charge is -2.09. The van der Waals surface area contributed by atoms with E-state index in [0.29, 0.717) is 6.07 Å². The monoisotopic (exact) mass is 187 g/mol. The maximum atomic E-state index is 13.0. The molecule has 1 atom stereocenters. The number of nitrogens with two attached hydrogens (primary N) is 1. The predicted octanol–water partition coefficient (Wildman–Crippen LogP) is 2.29. The second kappa shape index (κ2) is 3.62. The van der Waals surface area contributed by atoms with Crippen molar-refractivity contribution in [1.29, 1.82) is 0 Å². The third kappa shape index (κ3) is 1.72. The van der Waals surface area contributed by atoms with Crippen LogP contribution in [-0.4, -0.2) is 0 Å². The molecule has 0 aliphatic carbocycles. The largest absolute Gasteiger partial charge is 0.321 e. The molecule has 4 heteroatoms. The SMILES string of the molecule is C=C[C@H](N)c1c(F)ccc(F)c1F. The van der Waals surface area contributed by atoms with Crippen LogP contribution in [0.4, 0.5) is 13.2 Å². The van der Waals surface area contributed by atoms with Crippen LogP contribution in [0.1, 0.15) is 11.6 Å². The molecule has 0 heterocycles. The minimum absolute atomic E-state index is 0.491. The Morgan fingerprint density at radius 3 is 2.31 bits per heavy atom. The van der Waals surface area contributed by atoms with Gasteiger partial charge in [0.05, 0.1) is 6.04 Å². The van der Waals surface area contributed by atoms with Crippen molar-refractivity contribution in [2.75, 3.05) is 0 Å². The average molecular weight is 187 g/mol. The van der Waals surface area contributed by atoms with Crippen molar-refractivity contribution in [3.05, 3.63) is 47.8 Å². The molecule has 0 aliphatic heterocycles. The van der Waals surface area contributed by atoms with Gasteiger partial charge in [-0.2, -0.15) is 0 Å². The lowest BCUT2D eigenvalue weighted by Crippen LogP contribution is -2.12. The first-order chi connectivity index (χ1) is 6.07. The number of hydrogen-bond acceptors (Lipinski definition) is 1. The van der Waals surface area contributed by atoms with Crippen molar-refractivity contribution in [3.63, 3.8) is 0 Å². The van der Waals surface area contributed by atoms with Gasteiger partial charge in [-0.15, -0.1) is 6.58 Å². The molecule has 0 saturated heterocycles. The summed E-state index contributed by atoms with van der Waals surface area (Å²) in [6.45, 7) is 3.27. The molecule has 1 nitrogen and oxygen atoms in total. The van der Waals surface area contributed by atoms with E-state index >= 15 is 0 Å². The quantitative estimate of drug-likeness (QED) is 0.558. The molecule has 2 N–H and O–H groups in total. The number of benzene rings is 1. The van der Waals surface area contributed by atoms with Gasteiger partial charge in [0.15, 0.2) is 11.6 Å². The summed E-state index contributed by atoms with van der Waals surface area (Å²) in [5.74, 6) is -3.24. The molecule has 1 aromatic rings. The van der Waals surface area contributed by atoms with E-state index in [9.17, 15) is 13.2 Å². The van der Waals surface area contributed by atoms with Gasteiger partial charge >= 0.3 is 0 Å². The standard InChI is InChI=1S/C9H8F3N/c1-2-7(13)8-5(10)3-4-6(11)9(8)12/h2-4,7H,1,13H2/t7-/m0/s1. The number of halogens is 3. The zero-order valence-corrected chi connectivity index (χ0v) is 6.73. The fourth-order valence-corrected chi connectivity index (χ4v) is 0.966. The van der Waals surface area contributed by atoms with E-state index in [0.717, 1.165) is 12.1 Å². The van der Waals surface area contributed by atoms with Gasteiger partial charge in [-0.25, -0.2) is 13.2 Å². The maximum Gasteiger partial charge on any atom is 0.166 e. The van der Waals surface area contributed by atoms with Crippen LogP contribution in [-0.2, 0) is 0 Å². The molecule has 0 saturated carbocycles. The highest BCUT2D eigenvalue weighted by Gasteiger charge is 2.17. The van der Waals surface area contributed by atoms with Gasteiger partial charge in [0.25, 0.3) is 0 Å². The van der Waals surface area contributed by atoms with Crippen LogP contribution in [0, 0.1) is 17.5 Å². The van der Waals surface area contributed by atoms with Gasteiger partial charge in [0.2, 0.25) is 0 Å². The molecule has 0 fully saturated rings. The molecule has 0 amide bonds. The van der Waals surface area contributed by atoms with Gasteiger partial charge in [0, 0.05) is 5.56 Å². The Morgan fingerprint density at radius 2 is 1.77 bits per heavy atom. The third-order valence-electron chi connectivity index (χ3n) is 1.67. The van der Waals surface area contributed by atoms with Gasteiger partial charge in [-0.05, 0) is 12.1 Å². The highest BCUT2D eigenvalue weighted by atomic mass is 19.2. The van der Waals surface area contributed by atoms with Crippen LogP contribution in [0.25, 0.3) is 0 Å². The first-order valence-corrected chi connectivity index (χ1v) is 3.59. The van der Waals surface area contributed by atoms with Crippen molar-refractivity contribution >= 4 is 0 Å². The van der Waals surface area contributed by atoms with Crippen LogP contribution in [0.5, 0.6) is 0 Å². The van der Waals surface area contributed by atoms with Crippen molar-refractivity contribution in [2.24, 2.45) is 5.73 Å². The van der Waals surface area contributed by atoms with E-state index in [4.69, 9.17) is 5.73 Å². The van der Waals surface area contributed by atoms with Gasteiger partial charge in [-0.3, -0.25) is 0 Å². The summed E-state index contributed by atoms with van der Waals surface area (Å²) in [5, 5.41) is 0. The van der Waals surface area contributed by atoms with Crippen LogP contribution in [0.3, 0.4) is 0 Å². The average Bonchev–Trinajstić information content (AvgIpc) is 2.12. The molecule has 0 unspecified atom stereocenters. The molecule has 0 aromatic heterocycles. The summed E-state index contributed by atoms with van der Waals surface area (Å²) in [5.41, 5.74) is 4.81. The van der Waals surface area contributed by atoms with Crippen LogP contribution < -0.4 is 5.73 Å². The summed E-state index contributed by atoms with van der Waals surface area (Å²) in [6, 6.07) is 0.511. The number of hydrogen-bond donors (Lipinski definition) is 1. The van der Waals surface area contributed by atoms with Crippen molar-refractivity contribution in [1.82, 2.24) is 0 Å². The first kappa shape index (κ1) is 9.80. The molecular formula is C9H8F3N. The molecule has 13 heavy (non-hydrogen) atoms. The lowest BCUT2D eigenvalue weighted by molar-refractivity contribution is 0.474. The van der Waals surface area contributed by atoms with Crippen molar-refractivity contribution in [3.8, 4) is 0 Å². The van der Waals surface area contributed by atoms with Gasteiger partial charge < -0.3 is 5.73 Å². The van der Waals surface area contributed by atoms with Crippen LogP contribution >= 0.6 is 0 Å². The van der Waals surface area contributed by atoms with Crippen LogP contribution in [0.15, 0.2) is 24.8 Å². The Hall–Kier alpha value is -1.29. The Kier molecular flexibility index (Phi) is 2.72. The number of rotatable bonds is 2. The predicted molar refractivity (Wildman–Crippen MR) is 43.4 cm³/mol. The topological polar surface area (TPSA) is 26.0 Å². The Labute approximate surface area is 73.7 Å². The van der Waals surface area contributed by atoms with Crippen LogP contribution in [0.2, 0.25) is 0 Å². The van der Waals surface area contributed by atoms with Gasteiger partial charge in [-0.1, -0.05) is 6.08 Å². The molecule has 0 aliphatic rings. The summed E-state index contributed by atoms with van der Waals surface area (Å²) in [4.78, 5) is 0. The summed E-state index contributed by atoms with van der Waals surface area (Å²) < 4.78 is 38.5. The van der Waals surface area contributed by atoms with Gasteiger partial charge in [0.1, 0.15) is 5.82 Å². The molecule has 0 radical (unpaired) electrons. The summed E-state index contributed by atoms with van der Waals surface area (Å²) >= 11 is 0. The fraction of sp³-hybridized carbons (Fsp3) is 0.111. The highest BCUT2D eigenvalue weighted by molar-refractivity contribution is 5.26. The molecule has 1 rings (SSSR count). The second-order valence-corrected chi connectivity index (χ2v) is 2.52. The zero-order chi connectivity index (χ0) is 10.0. The summed E-state index contributed by atoms with van der Waals surface area (Å²) in [6.07, 6.45) is 1.14. The Morgan fingerprint density at radius 1 is 1.23 bits per heavy atom. The van der Waals surface area contributed by atoms with E-state index in [-0.39, 0.29) is 0 Å². The van der Waals surface area contributed by atoms with E-state index in [1.54, 1.807) is 0 Å². The van der Waals surface area contributed by atoms with E-state index in [1.807, 2.05) is 0 Å². The fourth-order valence-electron chi connectivity index (χ4n) is 0.966. The highest BCUT2D eigenvalue weighted by Crippen LogP contribution is 2.21. The second-order valence-electron chi connectivity index (χ2n) is 2.52. The third-order valence-corrected chi connectivity index (χ3v) is 1.67. The molecule has 0 bridgehead atoms. The Bertz CT molecular complexity index is 336. The van der Waals surface area contributed by atoms with Crippen molar-refractivity contribution in [2.45, 2.75) is 6.04 Å². The Balaban J connectivity index is 3.32. The minimum Gasteiger partial charge on any atom is -0.321 e. The summed E-state index contributed by atoms with van der Waals surface area (Å²) in [7, 11) is 0. The lowest BCUT2D eigenvalue weighted by atomic mass is 10.1. The minimum atomic E-state index is -1.26. The van der Waals surface area contributed by atoms with E-state index in [1.165, 1.54) is 0 Å².